The third kappa shape index (κ3) is 5.24. The second-order valence-corrected chi connectivity index (χ2v) is 8.10. The summed E-state index contributed by atoms with van der Waals surface area (Å²) >= 11 is 0. The van der Waals surface area contributed by atoms with E-state index in [2.05, 4.69) is 10.0 Å². The molecule has 8 heteroatoms. The first-order valence-corrected chi connectivity index (χ1v) is 10.6. The molecule has 7 nitrogen and oxygen atoms in total. The van der Waals surface area contributed by atoms with Gasteiger partial charge in [-0.25, -0.2) is 8.42 Å². The molecule has 0 fully saturated rings. The monoisotopic (exact) mass is 424 g/mol. The van der Waals surface area contributed by atoms with Gasteiger partial charge in [0.25, 0.3) is 15.9 Å². The first-order chi connectivity index (χ1) is 14.4. The van der Waals surface area contributed by atoms with Crippen LogP contribution in [0.15, 0.2) is 83.8 Å². The lowest BCUT2D eigenvalue weighted by Crippen LogP contribution is -2.25. The maximum atomic E-state index is 13.0. The molecule has 0 atom stereocenters. The summed E-state index contributed by atoms with van der Waals surface area (Å²) in [4.78, 5) is 22.7. The number of carbonyl (C=O) groups is 2. The number of benzene rings is 3. The Morgan fingerprint density at radius 1 is 0.833 bits per heavy atom. The van der Waals surface area contributed by atoms with Crippen LogP contribution in [0.25, 0.3) is 11.1 Å². The quantitative estimate of drug-likeness (QED) is 0.513. The molecule has 0 aromatic heterocycles. The highest BCUT2D eigenvalue weighted by Crippen LogP contribution is 2.28. The Morgan fingerprint density at radius 3 is 2.13 bits per heavy atom. The van der Waals surface area contributed by atoms with Crippen LogP contribution in [0.1, 0.15) is 16.8 Å². The first-order valence-electron chi connectivity index (χ1n) is 9.14. The highest BCUT2D eigenvalue weighted by atomic mass is 32.2. The van der Waals surface area contributed by atoms with Gasteiger partial charge in [-0.2, -0.15) is 0 Å². The Labute approximate surface area is 174 Å². The minimum Gasteiger partial charge on any atom is -0.481 e. The van der Waals surface area contributed by atoms with Crippen molar-refractivity contribution in [2.24, 2.45) is 0 Å². The number of hydrogen-bond acceptors (Lipinski definition) is 4. The zero-order chi connectivity index (χ0) is 21.6. The molecule has 3 rings (SSSR count). The van der Waals surface area contributed by atoms with Gasteiger partial charge >= 0.3 is 5.97 Å². The molecular formula is C22H20N2O5S. The molecule has 0 aliphatic rings. The van der Waals surface area contributed by atoms with E-state index in [-0.39, 0.29) is 17.9 Å². The van der Waals surface area contributed by atoms with E-state index in [1.54, 1.807) is 18.2 Å². The van der Waals surface area contributed by atoms with Crippen LogP contribution in [0.5, 0.6) is 0 Å². The average Bonchev–Trinajstić information content (AvgIpc) is 2.74. The summed E-state index contributed by atoms with van der Waals surface area (Å²) in [5, 5.41) is 11.1. The van der Waals surface area contributed by atoms with Crippen molar-refractivity contribution in [1.82, 2.24) is 5.32 Å². The number of amides is 1. The van der Waals surface area contributed by atoms with Crippen LogP contribution in [0, 0.1) is 0 Å². The van der Waals surface area contributed by atoms with Crippen LogP contribution in [-0.2, 0) is 14.8 Å². The van der Waals surface area contributed by atoms with E-state index in [1.807, 2.05) is 30.3 Å². The van der Waals surface area contributed by atoms with Gasteiger partial charge < -0.3 is 10.4 Å². The SMILES string of the molecule is O=C(O)CCNC(=O)c1ccc(NS(=O)(=O)c2ccccc2-c2ccccc2)cc1. The van der Waals surface area contributed by atoms with Crippen LogP contribution in [0.3, 0.4) is 0 Å². The van der Waals surface area contributed by atoms with Crippen molar-refractivity contribution in [1.29, 1.82) is 0 Å². The maximum absolute atomic E-state index is 13.0. The van der Waals surface area contributed by atoms with Crippen molar-refractivity contribution < 1.29 is 23.1 Å². The molecule has 1 amide bonds. The molecule has 0 saturated carbocycles. The normalized spacial score (nSPS) is 10.9. The predicted molar refractivity (Wildman–Crippen MR) is 114 cm³/mol. The van der Waals surface area contributed by atoms with E-state index >= 15 is 0 Å². The Balaban J connectivity index is 1.77. The van der Waals surface area contributed by atoms with Crippen molar-refractivity contribution in [3.8, 4) is 11.1 Å². The van der Waals surface area contributed by atoms with E-state index in [4.69, 9.17) is 5.11 Å². The summed E-state index contributed by atoms with van der Waals surface area (Å²) in [6.07, 6.45) is -0.176. The van der Waals surface area contributed by atoms with E-state index < -0.39 is 21.9 Å². The number of nitrogens with one attached hydrogen (secondary N) is 2. The number of hydrogen-bond donors (Lipinski definition) is 3. The van der Waals surface area contributed by atoms with Gasteiger partial charge in [0.1, 0.15) is 0 Å². The molecule has 3 aromatic carbocycles. The van der Waals surface area contributed by atoms with Crippen LogP contribution in [-0.4, -0.2) is 31.9 Å². The fourth-order valence-electron chi connectivity index (χ4n) is 2.84. The number of carboxylic acids is 1. The van der Waals surface area contributed by atoms with Gasteiger partial charge in [-0.3, -0.25) is 14.3 Å². The van der Waals surface area contributed by atoms with Crippen molar-refractivity contribution in [2.45, 2.75) is 11.3 Å². The van der Waals surface area contributed by atoms with Crippen LogP contribution >= 0.6 is 0 Å². The Bertz CT molecular complexity index is 1140. The largest absolute Gasteiger partial charge is 0.481 e. The van der Waals surface area contributed by atoms with E-state index in [9.17, 15) is 18.0 Å². The molecule has 0 unspecified atom stereocenters. The van der Waals surface area contributed by atoms with Gasteiger partial charge in [-0.15, -0.1) is 0 Å². The summed E-state index contributed by atoms with van der Waals surface area (Å²) in [5.41, 5.74) is 1.97. The number of rotatable bonds is 8. The first kappa shape index (κ1) is 21.1. The lowest BCUT2D eigenvalue weighted by molar-refractivity contribution is -0.136. The van der Waals surface area contributed by atoms with Crippen molar-refractivity contribution in [3.05, 3.63) is 84.4 Å². The van der Waals surface area contributed by atoms with Gasteiger partial charge in [0.15, 0.2) is 0 Å². The maximum Gasteiger partial charge on any atom is 0.305 e. The Kier molecular flexibility index (Phi) is 6.48. The minimum absolute atomic E-state index is 0.0127. The number of carboxylic acid groups (broad SMARTS) is 1. The van der Waals surface area contributed by atoms with Gasteiger partial charge in [0, 0.05) is 23.4 Å². The molecule has 0 bridgehead atoms. The minimum atomic E-state index is -3.86. The number of carbonyl (C=O) groups excluding carboxylic acids is 1. The van der Waals surface area contributed by atoms with Crippen molar-refractivity contribution >= 4 is 27.6 Å². The smallest absolute Gasteiger partial charge is 0.305 e. The predicted octanol–water partition coefficient (Wildman–Crippen LogP) is 3.36. The van der Waals surface area contributed by atoms with Crippen LogP contribution < -0.4 is 10.0 Å². The highest BCUT2D eigenvalue weighted by molar-refractivity contribution is 7.92. The zero-order valence-electron chi connectivity index (χ0n) is 15.9. The molecule has 0 radical (unpaired) electrons. The third-order valence-electron chi connectivity index (χ3n) is 4.29. The second-order valence-electron chi connectivity index (χ2n) is 6.44. The summed E-state index contributed by atoms with van der Waals surface area (Å²) in [6, 6.07) is 21.8. The second kappa shape index (κ2) is 9.23. The summed E-state index contributed by atoms with van der Waals surface area (Å²) in [6.45, 7) is 0.0127. The van der Waals surface area contributed by atoms with Gasteiger partial charge in [0.2, 0.25) is 0 Å². The summed E-state index contributed by atoms with van der Waals surface area (Å²) in [7, 11) is -3.86. The molecule has 154 valence electrons. The van der Waals surface area contributed by atoms with Crippen molar-refractivity contribution in [2.75, 3.05) is 11.3 Å². The molecule has 0 aliphatic carbocycles. The van der Waals surface area contributed by atoms with Gasteiger partial charge in [-0.05, 0) is 35.9 Å². The number of sulfonamides is 1. The number of anilines is 1. The molecule has 0 aliphatic heterocycles. The Morgan fingerprint density at radius 2 is 1.47 bits per heavy atom. The van der Waals surface area contributed by atoms with E-state index in [0.29, 0.717) is 16.8 Å². The molecule has 0 saturated heterocycles. The van der Waals surface area contributed by atoms with E-state index in [1.165, 1.54) is 30.3 Å². The molecule has 30 heavy (non-hydrogen) atoms. The Hall–Kier alpha value is -3.65. The van der Waals surface area contributed by atoms with Crippen LogP contribution in [0.2, 0.25) is 0 Å². The third-order valence-corrected chi connectivity index (χ3v) is 5.72. The average molecular weight is 424 g/mol. The standard InChI is InChI=1S/C22H20N2O5S/c25-21(26)14-15-23-22(27)17-10-12-18(13-11-17)24-30(28,29)20-9-5-4-8-19(20)16-6-2-1-3-7-16/h1-13,24H,14-15H2,(H,23,27)(H,25,26). The van der Waals surface area contributed by atoms with Crippen LogP contribution in [0.4, 0.5) is 5.69 Å². The van der Waals surface area contributed by atoms with E-state index in [0.717, 1.165) is 5.56 Å². The van der Waals surface area contributed by atoms with Crippen molar-refractivity contribution in [3.63, 3.8) is 0 Å². The molecule has 3 N–H and O–H groups in total. The molecular weight excluding hydrogens is 404 g/mol. The molecule has 0 spiro atoms. The zero-order valence-corrected chi connectivity index (χ0v) is 16.7. The number of aliphatic carboxylic acids is 1. The topological polar surface area (TPSA) is 113 Å². The van der Waals surface area contributed by atoms with Gasteiger partial charge in [0.05, 0.1) is 11.3 Å². The summed E-state index contributed by atoms with van der Waals surface area (Å²) in [5.74, 6) is -1.43. The molecule has 3 aromatic rings. The molecule has 0 heterocycles. The lowest BCUT2D eigenvalue weighted by atomic mass is 10.1. The fourth-order valence-corrected chi connectivity index (χ4v) is 4.13. The fraction of sp³-hybridized carbons (Fsp3) is 0.0909. The summed E-state index contributed by atoms with van der Waals surface area (Å²) < 4.78 is 28.5. The van der Waals surface area contributed by atoms with Gasteiger partial charge in [-0.1, -0.05) is 48.5 Å². The highest BCUT2D eigenvalue weighted by Gasteiger charge is 2.19. The lowest BCUT2D eigenvalue weighted by Gasteiger charge is -2.13.